The van der Waals surface area contributed by atoms with E-state index in [1.54, 1.807) is 37.3 Å². The molecule has 0 N–H and O–H groups in total. The molecule has 1 spiro atoms. The number of nitrogens with zero attached hydrogens (tertiary/aromatic N) is 2. The number of ether oxygens (including phenoxy) is 1. The second-order valence-corrected chi connectivity index (χ2v) is 6.03. The highest BCUT2D eigenvalue weighted by atomic mass is 16.6. The number of hydrogen-bond acceptors (Lipinski definition) is 4. The van der Waals surface area contributed by atoms with Crippen molar-refractivity contribution in [3.63, 3.8) is 0 Å². The molecule has 124 valence electrons. The van der Waals surface area contributed by atoms with Gasteiger partial charge in [-0.3, -0.25) is 14.9 Å². The summed E-state index contributed by atoms with van der Waals surface area (Å²) < 4.78 is 5.28. The SMILES string of the molecule is COC1C=CC2(C=C1)CN(C)C(=O)/C2=C\c1ccc([N+](=O)[O-])cc1. The predicted octanol–water partition coefficient (Wildman–Crippen LogP) is 2.58. The van der Waals surface area contributed by atoms with Gasteiger partial charge in [0.15, 0.2) is 0 Å². The van der Waals surface area contributed by atoms with Crippen molar-refractivity contribution in [2.75, 3.05) is 20.7 Å². The number of nitro groups is 1. The molecule has 1 aromatic rings. The molecular formula is C18H18N2O4. The molecule has 2 aliphatic rings. The first-order valence-corrected chi connectivity index (χ1v) is 7.59. The summed E-state index contributed by atoms with van der Waals surface area (Å²) in [6.07, 6.45) is 9.60. The topological polar surface area (TPSA) is 72.7 Å². The molecule has 6 heteroatoms. The minimum Gasteiger partial charge on any atom is -0.373 e. The summed E-state index contributed by atoms with van der Waals surface area (Å²) in [6.45, 7) is 0.564. The Morgan fingerprint density at radius 1 is 1.29 bits per heavy atom. The normalized spacial score (nSPS) is 27.4. The van der Waals surface area contributed by atoms with E-state index in [1.165, 1.54) is 12.1 Å². The Hall–Kier alpha value is -2.73. The number of amides is 1. The zero-order valence-corrected chi connectivity index (χ0v) is 13.5. The van der Waals surface area contributed by atoms with Gasteiger partial charge in [-0.2, -0.15) is 0 Å². The molecular weight excluding hydrogens is 308 g/mol. The van der Waals surface area contributed by atoms with Crippen molar-refractivity contribution >= 4 is 17.7 Å². The number of likely N-dealkylation sites (N-methyl/N-ethyl adjacent to an activating group) is 1. The molecule has 24 heavy (non-hydrogen) atoms. The van der Waals surface area contributed by atoms with Crippen LogP contribution in [0, 0.1) is 15.5 Å². The Bertz CT molecular complexity index is 748. The van der Waals surface area contributed by atoms with Crippen molar-refractivity contribution in [1.82, 2.24) is 4.90 Å². The highest BCUT2D eigenvalue weighted by molar-refractivity contribution is 6.02. The monoisotopic (exact) mass is 326 g/mol. The van der Waals surface area contributed by atoms with Crippen LogP contribution < -0.4 is 0 Å². The van der Waals surface area contributed by atoms with E-state index in [0.29, 0.717) is 12.1 Å². The lowest BCUT2D eigenvalue weighted by Gasteiger charge is -2.26. The smallest absolute Gasteiger partial charge is 0.269 e. The third-order valence-electron chi connectivity index (χ3n) is 4.43. The maximum atomic E-state index is 12.6. The van der Waals surface area contributed by atoms with Crippen LogP contribution in [0.25, 0.3) is 6.08 Å². The lowest BCUT2D eigenvalue weighted by Crippen LogP contribution is -2.25. The van der Waals surface area contributed by atoms with E-state index in [0.717, 1.165) is 5.56 Å². The Labute approximate surface area is 139 Å². The maximum absolute atomic E-state index is 12.6. The summed E-state index contributed by atoms with van der Waals surface area (Å²) in [6, 6.07) is 6.18. The Morgan fingerprint density at radius 2 is 1.92 bits per heavy atom. The molecule has 6 nitrogen and oxygen atoms in total. The Kier molecular flexibility index (Phi) is 4.07. The number of hydrogen-bond donors (Lipinski definition) is 0. The van der Waals surface area contributed by atoms with Crippen LogP contribution in [0.3, 0.4) is 0 Å². The van der Waals surface area contributed by atoms with Gasteiger partial charge in [-0.15, -0.1) is 0 Å². The lowest BCUT2D eigenvalue weighted by molar-refractivity contribution is -0.384. The zero-order chi connectivity index (χ0) is 17.3. The first-order chi connectivity index (χ1) is 11.4. The summed E-state index contributed by atoms with van der Waals surface area (Å²) in [5.41, 5.74) is 0.958. The van der Waals surface area contributed by atoms with Crippen molar-refractivity contribution in [3.05, 3.63) is 69.8 Å². The fraction of sp³-hybridized carbons (Fsp3) is 0.278. The van der Waals surface area contributed by atoms with Crippen molar-refractivity contribution in [2.45, 2.75) is 6.10 Å². The van der Waals surface area contributed by atoms with E-state index in [1.807, 2.05) is 24.3 Å². The molecule has 0 bridgehead atoms. The van der Waals surface area contributed by atoms with E-state index < -0.39 is 10.3 Å². The summed E-state index contributed by atoms with van der Waals surface area (Å²) in [4.78, 5) is 24.6. The average Bonchev–Trinajstić information content (AvgIpc) is 2.80. The fourth-order valence-corrected chi connectivity index (χ4v) is 3.10. The van der Waals surface area contributed by atoms with Crippen molar-refractivity contribution in [3.8, 4) is 0 Å². The zero-order valence-electron chi connectivity index (χ0n) is 13.5. The van der Waals surface area contributed by atoms with E-state index >= 15 is 0 Å². The number of carbonyl (C=O) groups is 1. The van der Waals surface area contributed by atoms with Gasteiger partial charge in [0, 0.05) is 38.4 Å². The number of nitro benzene ring substituents is 1. The molecule has 1 amide bonds. The number of benzene rings is 1. The van der Waals surface area contributed by atoms with Gasteiger partial charge in [-0.25, -0.2) is 0 Å². The minimum atomic E-state index is -0.483. The van der Waals surface area contributed by atoms with Crippen LogP contribution >= 0.6 is 0 Å². The van der Waals surface area contributed by atoms with Crippen LogP contribution in [-0.2, 0) is 9.53 Å². The van der Waals surface area contributed by atoms with E-state index in [2.05, 4.69) is 0 Å². The molecule has 1 saturated heterocycles. The first kappa shape index (κ1) is 16.1. The van der Waals surface area contributed by atoms with Gasteiger partial charge in [0.25, 0.3) is 11.6 Å². The summed E-state index contributed by atoms with van der Waals surface area (Å²) in [5.74, 6) is -0.0430. The third kappa shape index (κ3) is 2.76. The van der Waals surface area contributed by atoms with Crippen LogP contribution in [0.1, 0.15) is 5.56 Å². The van der Waals surface area contributed by atoms with Crippen LogP contribution in [0.2, 0.25) is 0 Å². The van der Waals surface area contributed by atoms with E-state index in [9.17, 15) is 14.9 Å². The number of carbonyl (C=O) groups excluding carboxylic acids is 1. The quantitative estimate of drug-likeness (QED) is 0.370. The van der Waals surface area contributed by atoms with Crippen LogP contribution in [0.15, 0.2) is 54.1 Å². The summed E-state index contributed by atoms with van der Waals surface area (Å²) >= 11 is 0. The molecule has 0 unspecified atom stereocenters. The molecule has 1 fully saturated rings. The van der Waals surface area contributed by atoms with Gasteiger partial charge < -0.3 is 9.64 Å². The van der Waals surface area contributed by atoms with Gasteiger partial charge in [0.1, 0.15) is 0 Å². The highest BCUT2D eigenvalue weighted by Crippen LogP contribution is 2.42. The van der Waals surface area contributed by atoms with Crippen LogP contribution in [-0.4, -0.2) is 42.5 Å². The van der Waals surface area contributed by atoms with Crippen molar-refractivity contribution in [2.24, 2.45) is 5.41 Å². The average molecular weight is 326 g/mol. The molecule has 0 saturated carbocycles. The number of methoxy groups -OCH3 is 1. The molecule has 0 radical (unpaired) electrons. The lowest BCUT2D eigenvalue weighted by atomic mass is 9.78. The van der Waals surface area contributed by atoms with Gasteiger partial charge in [-0.05, 0) is 23.8 Å². The maximum Gasteiger partial charge on any atom is 0.269 e. The second-order valence-electron chi connectivity index (χ2n) is 6.03. The van der Waals surface area contributed by atoms with Crippen molar-refractivity contribution in [1.29, 1.82) is 0 Å². The molecule has 0 atom stereocenters. The van der Waals surface area contributed by atoms with Gasteiger partial charge in [0.05, 0.1) is 16.4 Å². The Balaban J connectivity index is 1.98. The van der Waals surface area contributed by atoms with E-state index in [4.69, 9.17) is 4.74 Å². The third-order valence-corrected chi connectivity index (χ3v) is 4.43. The van der Waals surface area contributed by atoms with Crippen LogP contribution in [0.5, 0.6) is 0 Å². The second kappa shape index (κ2) is 6.05. The van der Waals surface area contributed by atoms with Gasteiger partial charge in [-0.1, -0.05) is 24.3 Å². The van der Waals surface area contributed by atoms with Crippen molar-refractivity contribution < 1.29 is 14.5 Å². The molecule has 1 aliphatic carbocycles. The van der Waals surface area contributed by atoms with Gasteiger partial charge >= 0.3 is 0 Å². The Morgan fingerprint density at radius 3 is 2.46 bits per heavy atom. The number of rotatable bonds is 3. The summed E-state index contributed by atoms with van der Waals surface area (Å²) in [7, 11) is 3.40. The molecule has 1 aliphatic heterocycles. The largest absolute Gasteiger partial charge is 0.373 e. The summed E-state index contributed by atoms with van der Waals surface area (Å²) in [5, 5.41) is 10.8. The van der Waals surface area contributed by atoms with Gasteiger partial charge in [0.2, 0.25) is 0 Å². The number of non-ortho nitro benzene ring substituents is 1. The minimum absolute atomic E-state index is 0.0297. The van der Waals surface area contributed by atoms with E-state index in [-0.39, 0.29) is 17.7 Å². The first-order valence-electron chi connectivity index (χ1n) is 7.59. The van der Waals surface area contributed by atoms with Crippen LogP contribution in [0.4, 0.5) is 5.69 Å². The number of likely N-dealkylation sites (tertiary alicyclic amines) is 1. The molecule has 3 rings (SSSR count). The molecule has 1 aromatic carbocycles. The molecule has 0 aromatic heterocycles. The predicted molar refractivity (Wildman–Crippen MR) is 90.2 cm³/mol. The standard InChI is InChI=1S/C18H18N2O4/c1-19-12-18(9-7-15(24-2)8-10-18)16(17(19)21)11-13-3-5-14(6-4-13)20(22)23/h3-11,15H,12H2,1-2H3/b16-11+. The highest BCUT2D eigenvalue weighted by Gasteiger charge is 2.44. The molecule has 1 heterocycles. The fourth-order valence-electron chi connectivity index (χ4n) is 3.10.